The van der Waals surface area contributed by atoms with Crippen LogP contribution in [0, 0.1) is 0 Å². The lowest BCUT2D eigenvalue weighted by Crippen LogP contribution is -2.29. The number of hydrogen-bond acceptors (Lipinski definition) is 4. The van der Waals surface area contributed by atoms with Crippen LogP contribution in [-0.4, -0.2) is 22.5 Å². The number of Topliss-reactive ketones (excluding diaryl/α,β-unsaturated/α-hetero) is 1. The lowest BCUT2D eigenvalue weighted by atomic mass is 10.1. The average Bonchev–Trinajstić information content (AvgIpc) is 2.56. The molecule has 0 radical (unpaired) electrons. The van der Waals surface area contributed by atoms with Crippen LogP contribution in [0.5, 0.6) is 0 Å². The molecular weight excluding hydrogens is 358 g/mol. The number of rotatable bonds is 12. The van der Waals surface area contributed by atoms with Crippen molar-refractivity contribution in [1.29, 1.82) is 0 Å². The molecule has 0 aliphatic heterocycles. The first-order chi connectivity index (χ1) is 12.6. The quantitative estimate of drug-likeness (QED) is 0.146. The number of hydrogen-bond donors (Lipinski definition) is 2. The summed E-state index contributed by atoms with van der Waals surface area (Å²) in [5.74, 6) is -0.948. The molecule has 0 aliphatic rings. The van der Waals surface area contributed by atoms with Crippen LogP contribution in [0.4, 0.5) is 0 Å². The van der Waals surface area contributed by atoms with Crippen molar-refractivity contribution in [2.75, 3.05) is 5.75 Å². The predicted molar refractivity (Wildman–Crippen MR) is 117 cm³/mol. The van der Waals surface area contributed by atoms with E-state index < -0.39 is 11.7 Å². The molecule has 0 aromatic heterocycles. The molecule has 27 heavy (non-hydrogen) atoms. The molecule has 5 heteroatoms. The third-order valence-electron chi connectivity index (χ3n) is 3.73. The number of carbonyl (C=O) groups is 2. The molecule has 150 valence electrons. The van der Waals surface area contributed by atoms with E-state index in [1.807, 2.05) is 0 Å². The Bertz CT molecular complexity index is 650. The van der Waals surface area contributed by atoms with Crippen LogP contribution < -0.4 is 5.32 Å². The summed E-state index contributed by atoms with van der Waals surface area (Å²) in [6.07, 6.45) is 10.9. The van der Waals surface area contributed by atoms with Crippen molar-refractivity contribution in [3.63, 3.8) is 0 Å². The molecule has 0 heterocycles. The molecule has 0 aromatic carbocycles. The summed E-state index contributed by atoms with van der Waals surface area (Å²) >= 11 is 1.42. The molecule has 2 N–H and O–H groups in total. The molecule has 0 spiro atoms. The summed E-state index contributed by atoms with van der Waals surface area (Å²) in [7, 11) is 0. The van der Waals surface area contributed by atoms with Crippen molar-refractivity contribution < 1.29 is 14.7 Å². The third kappa shape index (κ3) is 13.8. The predicted octanol–water partition coefficient (Wildman–Crippen LogP) is 5.76. The van der Waals surface area contributed by atoms with Gasteiger partial charge in [0, 0.05) is 12.7 Å². The number of carbonyl (C=O) groups excluding carboxylic acids is 2. The van der Waals surface area contributed by atoms with E-state index in [4.69, 9.17) is 0 Å². The molecule has 0 unspecified atom stereocenters. The Morgan fingerprint density at radius 2 is 1.52 bits per heavy atom. The number of thioether (sulfide) groups is 1. The maximum Gasteiger partial charge on any atom is 0.291 e. The van der Waals surface area contributed by atoms with Crippen LogP contribution in [0.1, 0.15) is 60.3 Å². The van der Waals surface area contributed by atoms with Crippen molar-refractivity contribution in [1.82, 2.24) is 5.32 Å². The van der Waals surface area contributed by atoms with Crippen LogP contribution >= 0.6 is 11.8 Å². The summed E-state index contributed by atoms with van der Waals surface area (Å²) in [5, 5.41) is 13.4. The fourth-order valence-electron chi connectivity index (χ4n) is 2.04. The van der Waals surface area contributed by atoms with Gasteiger partial charge in [0.25, 0.3) is 5.91 Å². The van der Waals surface area contributed by atoms with Gasteiger partial charge in [-0.1, -0.05) is 41.5 Å². The molecule has 0 fully saturated rings. The monoisotopic (exact) mass is 391 g/mol. The summed E-state index contributed by atoms with van der Waals surface area (Å²) in [4.78, 5) is 22.4. The Balaban J connectivity index is 4.36. The van der Waals surface area contributed by atoms with Crippen LogP contribution in [0.15, 0.2) is 58.4 Å². The summed E-state index contributed by atoms with van der Waals surface area (Å²) < 4.78 is 0. The Kier molecular flexibility index (Phi) is 13.0. The highest BCUT2D eigenvalue weighted by Crippen LogP contribution is 2.14. The van der Waals surface area contributed by atoms with Gasteiger partial charge in [0.2, 0.25) is 5.78 Å². The first kappa shape index (κ1) is 25.0. The first-order valence-electron chi connectivity index (χ1n) is 9.10. The minimum atomic E-state index is -0.768. The largest absolute Gasteiger partial charge is 0.506 e. The summed E-state index contributed by atoms with van der Waals surface area (Å²) in [6.45, 7) is 13.1. The highest BCUT2D eigenvalue weighted by atomic mass is 32.2. The lowest BCUT2D eigenvalue weighted by Gasteiger charge is -2.06. The molecule has 0 aliphatic carbocycles. The maximum absolute atomic E-state index is 11.4. The fourth-order valence-corrected chi connectivity index (χ4v) is 2.88. The van der Waals surface area contributed by atoms with E-state index in [0.29, 0.717) is 5.75 Å². The van der Waals surface area contributed by atoms with E-state index in [1.54, 1.807) is 5.41 Å². The zero-order valence-corrected chi connectivity index (χ0v) is 18.0. The van der Waals surface area contributed by atoms with Crippen LogP contribution in [0.3, 0.4) is 0 Å². The van der Waals surface area contributed by atoms with Crippen LogP contribution in [0.2, 0.25) is 0 Å². The van der Waals surface area contributed by atoms with Crippen molar-refractivity contribution >= 4 is 23.5 Å². The van der Waals surface area contributed by atoms with E-state index >= 15 is 0 Å². The molecule has 0 bridgehead atoms. The number of amides is 1. The summed E-state index contributed by atoms with van der Waals surface area (Å²) in [6, 6.07) is 0. The Hall–Kier alpha value is -2.01. The van der Waals surface area contributed by atoms with E-state index in [0.717, 1.165) is 25.7 Å². The van der Waals surface area contributed by atoms with Crippen LogP contribution in [-0.2, 0) is 9.59 Å². The van der Waals surface area contributed by atoms with Gasteiger partial charge in [-0.15, -0.1) is 11.8 Å². The van der Waals surface area contributed by atoms with Gasteiger partial charge in [-0.3, -0.25) is 9.59 Å². The van der Waals surface area contributed by atoms with E-state index in [1.165, 1.54) is 35.4 Å². The number of aliphatic hydroxyl groups excluding tert-OH is 1. The smallest absolute Gasteiger partial charge is 0.291 e. The Labute approximate surface area is 168 Å². The lowest BCUT2D eigenvalue weighted by molar-refractivity contribution is -0.136. The van der Waals surface area contributed by atoms with E-state index in [-0.39, 0.29) is 11.5 Å². The molecule has 0 saturated carbocycles. The van der Waals surface area contributed by atoms with Gasteiger partial charge in [-0.2, -0.15) is 0 Å². The second kappa shape index (κ2) is 14.1. The molecule has 0 aromatic rings. The van der Waals surface area contributed by atoms with Gasteiger partial charge >= 0.3 is 0 Å². The summed E-state index contributed by atoms with van der Waals surface area (Å²) in [5.41, 5.74) is 4.23. The zero-order valence-electron chi connectivity index (χ0n) is 17.2. The van der Waals surface area contributed by atoms with Crippen molar-refractivity contribution in [3.8, 4) is 0 Å². The first-order valence-corrected chi connectivity index (χ1v) is 10.1. The minimum absolute atomic E-state index is 0.154. The number of nitrogens with one attached hydrogen (secondary N) is 1. The molecule has 0 saturated heterocycles. The van der Waals surface area contributed by atoms with Gasteiger partial charge in [0.05, 0.1) is 5.70 Å². The van der Waals surface area contributed by atoms with Crippen molar-refractivity contribution in [2.24, 2.45) is 0 Å². The fraction of sp³-hybridized carbons (Fsp3) is 0.455. The SMILES string of the molecule is C=C(O)/C(=C\SC/C=C(\C)CC/C=C(\C)CCC=C(C)C)NC(=O)C(C)=O. The van der Waals surface area contributed by atoms with Crippen molar-refractivity contribution in [2.45, 2.75) is 60.3 Å². The van der Waals surface area contributed by atoms with E-state index in [2.05, 4.69) is 57.8 Å². The van der Waals surface area contributed by atoms with Gasteiger partial charge in [0.15, 0.2) is 0 Å². The van der Waals surface area contributed by atoms with Crippen molar-refractivity contribution in [3.05, 3.63) is 58.4 Å². The maximum atomic E-state index is 11.4. The van der Waals surface area contributed by atoms with Crippen LogP contribution in [0.25, 0.3) is 0 Å². The number of aliphatic hydroxyl groups is 1. The van der Waals surface area contributed by atoms with Gasteiger partial charge in [0.1, 0.15) is 5.76 Å². The topological polar surface area (TPSA) is 66.4 Å². The molecule has 0 rings (SSSR count). The molecular formula is C22H33NO3S. The Morgan fingerprint density at radius 1 is 0.963 bits per heavy atom. The standard InChI is InChI=1S/C22H33NO3S/c1-16(2)9-7-10-17(3)11-8-12-18(4)13-14-27-15-21(19(5)24)23-22(26)20(6)25/h9,11,13,15,24H,5,7-8,10,12,14H2,1-4,6H3,(H,23,26)/b17-11+,18-13+,21-15+. The molecule has 0 atom stereocenters. The van der Waals surface area contributed by atoms with Gasteiger partial charge < -0.3 is 10.4 Å². The minimum Gasteiger partial charge on any atom is -0.506 e. The number of ketones is 1. The van der Waals surface area contributed by atoms with Gasteiger partial charge in [-0.05, 0) is 58.8 Å². The molecule has 4 nitrogen and oxygen atoms in total. The number of allylic oxidation sites excluding steroid dienone is 5. The third-order valence-corrected chi connectivity index (χ3v) is 4.49. The Morgan fingerprint density at radius 3 is 2.04 bits per heavy atom. The molecule has 1 amide bonds. The highest BCUT2D eigenvalue weighted by molar-refractivity contribution is 8.02. The normalized spacial score (nSPS) is 12.6. The zero-order chi connectivity index (χ0) is 20.8. The van der Waals surface area contributed by atoms with E-state index in [9.17, 15) is 14.7 Å². The highest BCUT2D eigenvalue weighted by Gasteiger charge is 2.10. The van der Waals surface area contributed by atoms with Gasteiger partial charge in [-0.25, -0.2) is 0 Å². The second-order valence-corrected chi connectivity index (χ2v) is 7.68. The average molecular weight is 392 g/mol. The second-order valence-electron chi connectivity index (χ2n) is 6.78.